The molecule has 1 saturated heterocycles. The van der Waals surface area contributed by atoms with Crippen molar-refractivity contribution in [3.63, 3.8) is 0 Å². The van der Waals surface area contributed by atoms with Gasteiger partial charge >= 0.3 is 0 Å². The molecule has 1 fully saturated rings. The van der Waals surface area contributed by atoms with Crippen molar-refractivity contribution >= 4 is 21.8 Å². The first-order chi connectivity index (χ1) is 9.74. The molecule has 1 aromatic carbocycles. The minimum Gasteiger partial charge on any atom is -0.459 e. The van der Waals surface area contributed by atoms with Crippen LogP contribution in [0.5, 0.6) is 0 Å². The van der Waals surface area contributed by atoms with Crippen molar-refractivity contribution in [3.05, 3.63) is 36.1 Å². The Kier molecular flexibility index (Phi) is 4.19. The van der Waals surface area contributed by atoms with E-state index in [1.54, 1.807) is 0 Å². The van der Waals surface area contributed by atoms with Crippen molar-refractivity contribution in [1.29, 1.82) is 0 Å². The molecule has 20 heavy (non-hydrogen) atoms. The van der Waals surface area contributed by atoms with E-state index in [0.717, 1.165) is 23.8 Å². The summed E-state index contributed by atoms with van der Waals surface area (Å²) in [6, 6.07) is 9.44. The SMILES string of the molecule is NC(CS(=O)C1CCOCC1)c1cc2ccccc2o1. The smallest absolute Gasteiger partial charge is 0.134 e. The monoisotopic (exact) mass is 293 g/mol. The third kappa shape index (κ3) is 2.95. The zero-order valence-corrected chi connectivity index (χ0v) is 12.1. The number of hydrogen-bond donors (Lipinski definition) is 1. The standard InChI is InChI=1S/C15H19NO3S/c16-13(10-20(17)12-5-7-18-8-6-12)15-9-11-3-1-2-4-14(11)19-15/h1-4,9,12-13H,5-8,10,16H2. The average molecular weight is 293 g/mol. The molecule has 0 radical (unpaired) electrons. The van der Waals surface area contributed by atoms with Crippen LogP contribution >= 0.6 is 0 Å². The van der Waals surface area contributed by atoms with Gasteiger partial charge in [-0.05, 0) is 25.0 Å². The molecule has 0 spiro atoms. The maximum Gasteiger partial charge on any atom is 0.134 e. The summed E-state index contributed by atoms with van der Waals surface area (Å²) in [5.74, 6) is 1.16. The second-order valence-corrected chi connectivity index (χ2v) is 6.91. The van der Waals surface area contributed by atoms with Crippen LogP contribution in [-0.4, -0.2) is 28.4 Å². The van der Waals surface area contributed by atoms with E-state index in [-0.39, 0.29) is 11.3 Å². The van der Waals surface area contributed by atoms with Crippen LogP contribution in [-0.2, 0) is 15.5 Å². The van der Waals surface area contributed by atoms with Gasteiger partial charge in [0.25, 0.3) is 0 Å². The van der Waals surface area contributed by atoms with Crippen molar-refractivity contribution in [2.75, 3.05) is 19.0 Å². The molecule has 108 valence electrons. The van der Waals surface area contributed by atoms with Gasteiger partial charge in [-0.1, -0.05) is 18.2 Å². The molecule has 2 aromatic rings. The predicted octanol–water partition coefficient (Wildman–Crippen LogP) is 2.36. The Morgan fingerprint density at radius 3 is 2.80 bits per heavy atom. The second kappa shape index (κ2) is 6.08. The van der Waals surface area contributed by atoms with Gasteiger partial charge < -0.3 is 14.9 Å². The van der Waals surface area contributed by atoms with Crippen LogP contribution in [0.15, 0.2) is 34.7 Å². The molecule has 4 nitrogen and oxygen atoms in total. The lowest BCUT2D eigenvalue weighted by Crippen LogP contribution is -2.29. The summed E-state index contributed by atoms with van der Waals surface area (Å²) in [6.07, 6.45) is 1.72. The lowest BCUT2D eigenvalue weighted by Gasteiger charge is -2.22. The second-order valence-electron chi connectivity index (χ2n) is 5.15. The van der Waals surface area contributed by atoms with Crippen molar-refractivity contribution in [1.82, 2.24) is 0 Å². The number of hydrogen-bond acceptors (Lipinski definition) is 4. The van der Waals surface area contributed by atoms with Gasteiger partial charge in [0.2, 0.25) is 0 Å². The highest BCUT2D eigenvalue weighted by atomic mass is 32.2. The van der Waals surface area contributed by atoms with Crippen molar-refractivity contribution in [2.24, 2.45) is 5.73 Å². The summed E-state index contributed by atoms with van der Waals surface area (Å²) in [7, 11) is -0.924. The first kappa shape index (κ1) is 13.8. The Morgan fingerprint density at radius 1 is 1.30 bits per heavy atom. The first-order valence-corrected chi connectivity index (χ1v) is 8.31. The molecule has 0 amide bonds. The predicted molar refractivity (Wildman–Crippen MR) is 80.0 cm³/mol. The zero-order chi connectivity index (χ0) is 13.9. The normalized spacial score (nSPS) is 20.1. The summed E-state index contributed by atoms with van der Waals surface area (Å²) >= 11 is 0. The minimum atomic E-state index is -0.924. The largest absolute Gasteiger partial charge is 0.459 e. The molecule has 0 saturated carbocycles. The molecule has 2 N–H and O–H groups in total. The van der Waals surface area contributed by atoms with E-state index in [4.69, 9.17) is 14.9 Å². The van der Waals surface area contributed by atoms with E-state index in [0.29, 0.717) is 24.7 Å². The summed E-state index contributed by atoms with van der Waals surface area (Å²) in [6.45, 7) is 1.41. The summed E-state index contributed by atoms with van der Waals surface area (Å²) in [5.41, 5.74) is 6.98. The maximum atomic E-state index is 12.3. The number of para-hydroxylation sites is 1. The fourth-order valence-corrected chi connectivity index (χ4v) is 4.03. The Bertz CT molecular complexity index is 571. The molecule has 1 aliphatic heterocycles. The number of rotatable bonds is 4. The van der Waals surface area contributed by atoms with Crippen LogP contribution in [0.1, 0.15) is 24.6 Å². The Hall–Kier alpha value is -1.17. The van der Waals surface area contributed by atoms with Gasteiger partial charge in [0.05, 0.1) is 6.04 Å². The van der Waals surface area contributed by atoms with Gasteiger partial charge in [-0.25, -0.2) is 0 Å². The van der Waals surface area contributed by atoms with Gasteiger partial charge in [0.15, 0.2) is 0 Å². The van der Waals surface area contributed by atoms with Gasteiger partial charge in [-0.15, -0.1) is 0 Å². The van der Waals surface area contributed by atoms with E-state index in [1.807, 2.05) is 30.3 Å². The third-order valence-corrected chi connectivity index (χ3v) is 5.60. The van der Waals surface area contributed by atoms with E-state index < -0.39 is 10.8 Å². The van der Waals surface area contributed by atoms with Gasteiger partial charge in [-0.3, -0.25) is 4.21 Å². The van der Waals surface area contributed by atoms with Gasteiger partial charge in [-0.2, -0.15) is 0 Å². The van der Waals surface area contributed by atoms with Crippen molar-refractivity contribution in [3.8, 4) is 0 Å². The molecule has 0 bridgehead atoms. The topological polar surface area (TPSA) is 65.5 Å². The molecule has 2 atom stereocenters. The Balaban J connectivity index is 1.68. The fraction of sp³-hybridized carbons (Fsp3) is 0.467. The zero-order valence-electron chi connectivity index (χ0n) is 11.3. The molecule has 1 aliphatic rings. The van der Waals surface area contributed by atoms with E-state index in [2.05, 4.69) is 0 Å². The van der Waals surface area contributed by atoms with Gasteiger partial charge in [0.1, 0.15) is 11.3 Å². The summed E-state index contributed by atoms with van der Waals surface area (Å²) in [4.78, 5) is 0. The highest BCUT2D eigenvalue weighted by Gasteiger charge is 2.23. The lowest BCUT2D eigenvalue weighted by molar-refractivity contribution is 0.0992. The van der Waals surface area contributed by atoms with E-state index >= 15 is 0 Å². The average Bonchev–Trinajstić information content (AvgIpc) is 2.92. The molecule has 0 aliphatic carbocycles. The number of ether oxygens (including phenoxy) is 1. The van der Waals surface area contributed by atoms with Crippen molar-refractivity contribution < 1.29 is 13.4 Å². The van der Waals surface area contributed by atoms with Crippen LogP contribution < -0.4 is 5.73 Å². The van der Waals surface area contributed by atoms with Crippen LogP contribution in [0.2, 0.25) is 0 Å². The van der Waals surface area contributed by atoms with E-state index in [1.165, 1.54) is 0 Å². The molecule has 1 aromatic heterocycles. The quantitative estimate of drug-likeness (QED) is 0.940. The molecule has 2 heterocycles. The summed E-state index contributed by atoms with van der Waals surface area (Å²) < 4.78 is 23.4. The Morgan fingerprint density at radius 2 is 2.05 bits per heavy atom. The van der Waals surface area contributed by atoms with Crippen LogP contribution in [0.4, 0.5) is 0 Å². The van der Waals surface area contributed by atoms with Crippen LogP contribution in [0, 0.1) is 0 Å². The molecular weight excluding hydrogens is 274 g/mol. The van der Waals surface area contributed by atoms with Gasteiger partial charge in [0, 0.05) is 40.4 Å². The highest BCUT2D eigenvalue weighted by Crippen LogP contribution is 2.24. The fourth-order valence-electron chi connectivity index (χ4n) is 2.52. The maximum absolute atomic E-state index is 12.3. The molecule has 5 heteroatoms. The molecule has 2 unspecified atom stereocenters. The minimum absolute atomic E-state index is 0.208. The number of nitrogens with two attached hydrogens (primary N) is 1. The van der Waals surface area contributed by atoms with Crippen LogP contribution in [0.3, 0.4) is 0 Å². The molecule has 3 rings (SSSR count). The summed E-state index contributed by atoms with van der Waals surface area (Å²) in [5, 5.41) is 1.24. The third-order valence-electron chi connectivity index (χ3n) is 3.69. The number of fused-ring (bicyclic) bond motifs is 1. The molecular formula is C15H19NO3S. The first-order valence-electron chi connectivity index (χ1n) is 6.93. The van der Waals surface area contributed by atoms with Crippen LogP contribution in [0.25, 0.3) is 11.0 Å². The lowest BCUT2D eigenvalue weighted by atomic mass is 10.2. The Labute approximate surface area is 120 Å². The number of furan rings is 1. The number of benzene rings is 1. The van der Waals surface area contributed by atoms with Crippen molar-refractivity contribution in [2.45, 2.75) is 24.1 Å². The highest BCUT2D eigenvalue weighted by molar-refractivity contribution is 7.85. The van der Waals surface area contributed by atoms with E-state index in [9.17, 15) is 4.21 Å².